The van der Waals surface area contributed by atoms with Gasteiger partial charge in [-0.3, -0.25) is 10.1 Å². The van der Waals surface area contributed by atoms with E-state index in [1.807, 2.05) is 0 Å². The Kier molecular flexibility index (Phi) is 10.2. The van der Waals surface area contributed by atoms with E-state index in [-0.39, 0.29) is 41.9 Å². The van der Waals surface area contributed by atoms with E-state index in [1.54, 1.807) is 24.0 Å². The fraction of sp³-hybridized carbons (Fsp3) is 0.600. The molecule has 11 heteroatoms. The SMILES string of the molecule is CCOC(=O)N1CCN(C(=NCc2ccc([N+](=O)[O-])cc2)NCC2CCCO2)CC1.I. The molecule has 10 nitrogen and oxygen atoms in total. The number of piperazine rings is 1. The van der Waals surface area contributed by atoms with Gasteiger partial charge < -0.3 is 24.6 Å². The summed E-state index contributed by atoms with van der Waals surface area (Å²) in [6.07, 6.45) is 1.99. The van der Waals surface area contributed by atoms with Crippen molar-refractivity contribution in [2.75, 3.05) is 45.9 Å². The van der Waals surface area contributed by atoms with Crippen molar-refractivity contribution in [3.63, 3.8) is 0 Å². The summed E-state index contributed by atoms with van der Waals surface area (Å²) in [4.78, 5) is 30.9. The van der Waals surface area contributed by atoms with Gasteiger partial charge in [-0.1, -0.05) is 12.1 Å². The van der Waals surface area contributed by atoms with Crippen LogP contribution < -0.4 is 5.32 Å². The van der Waals surface area contributed by atoms with Gasteiger partial charge in [-0.05, 0) is 25.3 Å². The van der Waals surface area contributed by atoms with E-state index in [1.165, 1.54) is 12.1 Å². The second-order valence-corrected chi connectivity index (χ2v) is 7.25. The first-order valence-electron chi connectivity index (χ1n) is 10.4. The fourth-order valence-electron chi connectivity index (χ4n) is 3.48. The van der Waals surface area contributed by atoms with E-state index in [9.17, 15) is 14.9 Å². The van der Waals surface area contributed by atoms with E-state index in [4.69, 9.17) is 14.5 Å². The van der Waals surface area contributed by atoms with Gasteiger partial charge in [0.2, 0.25) is 0 Å². The normalized spacial score (nSPS) is 19.0. The number of carbonyl (C=O) groups excluding carboxylic acids is 1. The van der Waals surface area contributed by atoms with Crippen molar-refractivity contribution in [3.8, 4) is 0 Å². The molecule has 1 atom stereocenters. The first kappa shape index (κ1) is 25.1. The number of benzene rings is 1. The van der Waals surface area contributed by atoms with Crippen molar-refractivity contribution in [1.82, 2.24) is 15.1 Å². The van der Waals surface area contributed by atoms with Crippen molar-refractivity contribution in [1.29, 1.82) is 0 Å². The summed E-state index contributed by atoms with van der Waals surface area (Å²) in [5.41, 5.74) is 0.955. The molecule has 0 aromatic heterocycles. The van der Waals surface area contributed by atoms with Gasteiger partial charge in [0.15, 0.2) is 5.96 Å². The summed E-state index contributed by atoms with van der Waals surface area (Å²) in [6, 6.07) is 6.42. The third-order valence-corrected chi connectivity index (χ3v) is 5.18. The van der Waals surface area contributed by atoms with Gasteiger partial charge in [0.25, 0.3) is 5.69 Å². The number of non-ortho nitro benzene ring substituents is 1. The molecule has 0 bridgehead atoms. The Bertz CT molecular complexity index is 747. The van der Waals surface area contributed by atoms with E-state index in [0.29, 0.717) is 45.9 Å². The van der Waals surface area contributed by atoms with Crippen LogP contribution in [0.4, 0.5) is 10.5 Å². The Morgan fingerprint density at radius 2 is 1.94 bits per heavy atom. The van der Waals surface area contributed by atoms with Crippen LogP contribution in [-0.4, -0.2) is 78.8 Å². The Hall–Kier alpha value is -2.15. The first-order valence-corrected chi connectivity index (χ1v) is 10.4. The van der Waals surface area contributed by atoms with Crippen LogP contribution >= 0.6 is 24.0 Å². The molecule has 0 aliphatic carbocycles. The van der Waals surface area contributed by atoms with Crippen molar-refractivity contribution in [2.45, 2.75) is 32.4 Å². The van der Waals surface area contributed by atoms with Crippen molar-refractivity contribution < 1.29 is 19.2 Å². The molecule has 0 radical (unpaired) electrons. The number of hydrogen-bond donors (Lipinski definition) is 1. The highest BCUT2D eigenvalue weighted by atomic mass is 127. The number of nitrogens with one attached hydrogen (secondary N) is 1. The molecule has 0 spiro atoms. The van der Waals surface area contributed by atoms with Crippen LogP contribution in [0.15, 0.2) is 29.3 Å². The zero-order valence-corrected chi connectivity index (χ0v) is 20.0. The lowest BCUT2D eigenvalue weighted by Gasteiger charge is -2.36. The monoisotopic (exact) mass is 547 g/mol. The molecule has 31 heavy (non-hydrogen) atoms. The first-order chi connectivity index (χ1) is 14.6. The number of ether oxygens (including phenoxy) is 2. The molecular formula is C20H30IN5O5. The highest BCUT2D eigenvalue weighted by Crippen LogP contribution is 2.14. The number of hydrogen-bond acceptors (Lipinski definition) is 6. The summed E-state index contributed by atoms with van der Waals surface area (Å²) >= 11 is 0. The van der Waals surface area contributed by atoms with Gasteiger partial charge in [-0.2, -0.15) is 0 Å². The molecule has 2 saturated heterocycles. The van der Waals surface area contributed by atoms with Crippen LogP contribution in [0.2, 0.25) is 0 Å². The Labute approximate surface area is 199 Å². The summed E-state index contributed by atoms with van der Waals surface area (Å²) in [6.45, 7) is 6.47. The number of nitrogens with zero attached hydrogens (tertiary/aromatic N) is 4. The third kappa shape index (κ3) is 7.49. The average Bonchev–Trinajstić information content (AvgIpc) is 3.28. The predicted octanol–water partition coefficient (Wildman–Crippen LogP) is 2.61. The van der Waals surface area contributed by atoms with Gasteiger partial charge >= 0.3 is 6.09 Å². The summed E-state index contributed by atoms with van der Waals surface area (Å²) in [7, 11) is 0. The van der Waals surface area contributed by atoms with Gasteiger partial charge in [0.05, 0.1) is 24.2 Å². The molecule has 0 saturated carbocycles. The summed E-state index contributed by atoms with van der Waals surface area (Å²) in [5, 5.41) is 14.2. The predicted molar refractivity (Wildman–Crippen MR) is 127 cm³/mol. The van der Waals surface area contributed by atoms with Gasteiger partial charge in [-0.25, -0.2) is 9.79 Å². The van der Waals surface area contributed by atoms with Crippen LogP contribution in [0.1, 0.15) is 25.3 Å². The number of rotatable bonds is 6. The molecular weight excluding hydrogens is 517 g/mol. The van der Waals surface area contributed by atoms with Crippen LogP contribution in [0.25, 0.3) is 0 Å². The van der Waals surface area contributed by atoms with Crippen molar-refractivity contribution in [3.05, 3.63) is 39.9 Å². The maximum atomic E-state index is 11.9. The smallest absolute Gasteiger partial charge is 0.409 e. The lowest BCUT2D eigenvalue weighted by Crippen LogP contribution is -2.54. The molecule has 1 aromatic rings. The quantitative estimate of drug-likeness (QED) is 0.192. The van der Waals surface area contributed by atoms with E-state index >= 15 is 0 Å². The Morgan fingerprint density at radius 3 is 2.52 bits per heavy atom. The fourth-order valence-corrected chi connectivity index (χ4v) is 3.48. The second-order valence-electron chi connectivity index (χ2n) is 7.25. The van der Waals surface area contributed by atoms with Crippen LogP contribution in [-0.2, 0) is 16.0 Å². The minimum atomic E-state index is -0.412. The third-order valence-electron chi connectivity index (χ3n) is 5.18. The lowest BCUT2D eigenvalue weighted by molar-refractivity contribution is -0.384. The maximum Gasteiger partial charge on any atom is 0.409 e. The van der Waals surface area contributed by atoms with E-state index < -0.39 is 4.92 Å². The van der Waals surface area contributed by atoms with Crippen LogP contribution in [0, 0.1) is 10.1 Å². The molecule has 172 valence electrons. The maximum absolute atomic E-state index is 11.9. The highest BCUT2D eigenvalue weighted by Gasteiger charge is 2.25. The van der Waals surface area contributed by atoms with E-state index in [2.05, 4.69) is 10.2 Å². The molecule has 2 aliphatic rings. The molecule has 1 aromatic carbocycles. The van der Waals surface area contributed by atoms with Gasteiger partial charge in [-0.15, -0.1) is 24.0 Å². The van der Waals surface area contributed by atoms with Gasteiger partial charge in [0, 0.05) is 51.5 Å². The second kappa shape index (κ2) is 12.6. The largest absolute Gasteiger partial charge is 0.450 e. The minimum absolute atomic E-state index is 0. The lowest BCUT2D eigenvalue weighted by atomic mass is 10.2. The molecule has 2 heterocycles. The van der Waals surface area contributed by atoms with Crippen molar-refractivity contribution in [2.24, 2.45) is 4.99 Å². The standard InChI is InChI=1S/C20H29N5O5.HI/c1-2-29-20(26)24-11-9-23(10-12-24)19(22-15-18-4-3-13-30-18)21-14-16-5-7-17(8-6-16)25(27)28;/h5-8,18H,2-4,9-15H2,1H3,(H,21,22);1H. The summed E-state index contributed by atoms with van der Waals surface area (Å²) in [5.74, 6) is 0.757. The molecule has 1 N–H and O–H groups in total. The Morgan fingerprint density at radius 1 is 1.26 bits per heavy atom. The number of aliphatic imine (C=N–C) groups is 1. The average molecular weight is 547 g/mol. The number of amides is 1. The molecule has 3 rings (SSSR count). The Balaban J connectivity index is 0.00000341. The summed E-state index contributed by atoms with van der Waals surface area (Å²) < 4.78 is 10.8. The van der Waals surface area contributed by atoms with Crippen molar-refractivity contribution >= 4 is 41.7 Å². The molecule has 1 amide bonds. The number of carbonyl (C=O) groups is 1. The zero-order chi connectivity index (χ0) is 21.3. The van der Waals surface area contributed by atoms with Gasteiger partial charge in [0.1, 0.15) is 0 Å². The number of nitro benzene ring substituents is 1. The van der Waals surface area contributed by atoms with E-state index in [0.717, 1.165) is 31.0 Å². The molecule has 2 fully saturated rings. The zero-order valence-electron chi connectivity index (χ0n) is 17.7. The van der Waals surface area contributed by atoms with Crippen LogP contribution in [0.5, 0.6) is 0 Å². The number of nitro groups is 1. The highest BCUT2D eigenvalue weighted by molar-refractivity contribution is 14.0. The topological polar surface area (TPSA) is 110 Å². The number of guanidine groups is 1. The van der Waals surface area contributed by atoms with Crippen LogP contribution in [0.3, 0.4) is 0 Å². The number of halogens is 1. The molecule has 2 aliphatic heterocycles. The molecule has 1 unspecified atom stereocenters. The minimum Gasteiger partial charge on any atom is -0.450 e.